The number of nitrogens with one attached hydrogen (secondary N) is 1. The molecule has 74 valence electrons. The summed E-state index contributed by atoms with van der Waals surface area (Å²) in [7, 11) is 0. The van der Waals surface area contributed by atoms with Gasteiger partial charge in [0.05, 0.1) is 10.5 Å². The fourth-order valence-electron chi connectivity index (χ4n) is 1.11. The van der Waals surface area contributed by atoms with E-state index >= 15 is 0 Å². The van der Waals surface area contributed by atoms with Crippen LogP contribution in [0.25, 0.3) is 0 Å². The van der Waals surface area contributed by atoms with Crippen LogP contribution >= 0.6 is 22.6 Å². The van der Waals surface area contributed by atoms with E-state index in [9.17, 15) is 9.59 Å². The molecule has 0 unspecified atom stereocenters. The Morgan fingerprint density at radius 3 is 2.77 bits per heavy atom. The second kappa shape index (κ2) is 4.87. The number of alkyl halides is 1. The molecule has 1 fully saturated rings. The average Bonchev–Trinajstić information content (AvgIpc) is 2.51. The van der Waals surface area contributed by atoms with Crippen LogP contribution in [0, 0.1) is 0 Å². The predicted octanol–water partition coefficient (Wildman–Crippen LogP) is -0.786. The highest BCUT2D eigenvalue weighted by Crippen LogP contribution is 2.07. The van der Waals surface area contributed by atoms with Crippen LogP contribution in [-0.4, -0.2) is 40.2 Å². The third kappa shape index (κ3) is 3.20. The number of halogens is 1. The molecule has 1 rings (SSSR count). The number of hydrogen-bond acceptors (Lipinski definition) is 5. The number of carbonyl (C=O) groups is 2. The summed E-state index contributed by atoms with van der Waals surface area (Å²) in [4.78, 5) is 21.9. The summed E-state index contributed by atoms with van der Waals surface area (Å²) in [6, 6.07) is -0.540. The summed E-state index contributed by atoms with van der Waals surface area (Å²) in [5.74, 6) is -1.15. The monoisotopic (exact) mass is 299 g/mol. The van der Waals surface area contributed by atoms with E-state index in [1.165, 1.54) is 0 Å². The number of rotatable bonds is 2. The number of hydrogen-bond donors (Lipinski definition) is 2. The van der Waals surface area contributed by atoms with Gasteiger partial charge in [-0.05, 0) is 0 Å². The third-order valence-corrected chi connectivity index (χ3v) is 2.34. The number of ether oxygens (including phenoxy) is 1. The van der Waals surface area contributed by atoms with Gasteiger partial charge in [-0.25, -0.2) is 4.79 Å². The van der Waals surface area contributed by atoms with Crippen molar-refractivity contribution in [1.29, 1.82) is 0 Å². The molecule has 0 bridgehead atoms. The molecule has 0 aromatic heterocycles. The van der Waals surface area contributed by atoms with Crippen molar-refractivity contribution in [1.82, 2.24) is 5.32 Å². The molecule has 1 aliphatic heterocycles. The molecule has 0 saturated carbocycles. The fraction of sp³-hybridized carbons (Fsp3) is 0.714. The lowest BCUT2D eigenvalue weighted by atomic mass is 10.2. The summed E-state index contributed by atoms with van der Waals surface area (Å²) in [5, 5.41) is 11.8. The van der Waals surface area contributed by atoms with Gasteiger partial charge in [0.2, 0.25) is 0 Å². The van der Waals surface area contributed by atoms with E-state index in [0.717, 1.165) is 0 Å². The predicted molar refractivity (Wildman–Crippen MR) is 52.4 cm³/mol. The van der Waals surface area contributed by atoms with Gasteiger partial charge < -0.3 is 15.2 Å². The average molecular weight is 299 g/mol. The third-order valence-electron chi connectivity index (χ3n) is 1.72. The molecule has 1 aliphatic rings. The molecular formula is C7H10INO4. The molecule has 13 heavy (non-hydrogen) atoms. The van der Waals surface area contributed by atoms with E-state index in [1.54, 1.807) is 0 Å². The first-order chi connectivity index (χ1) is 6.13. The van der Waals surface area contributed by atoms with E-state index in [1.807, 2.05) is 22.6 Å². The molecule has 2 N–H and O–H groups in total. The molecule has 6 heteroatoms. The van der Waals surface area contributed by atoms with Crippen LogP contribution in [0.4, 0.5) is 0 Å². The molecule has 5 nitrogen and oxygen atoms in total. The van der Waals surface area contributed by atoms with Crippen molar-refractivity contribution < 1.29 is 19.4 Å². The van der Waals surface area contributed by atoms with Crippen LogP contribution in [0.2, 0.25) is 0 Å². The molecule has 0 aromatic carbocycles. The SMILES string of the molecule is O=C(CI)OC(=O)[C@@H]1C[C@@H](O)CN1. The van der Waals surface area contributed by atoms with Gasteiger partial charge in [0.25, 0.3) is 0 Å². The second-order valence-electron chi connectivity index (χ2n) is 2.78. The van der Waals surface area contributed by atoms with Gasteiger partial charge in [-0.2, -0.15) is 0 Å². The Labute approximate surface area is 89.0 Å². The summed E-state index contributed by atoms with van der Waals surface area (Å²) in [5.41, 5.74) is 0. The smallest absolute Gasteiger partial charge is 0.330 e. The maximum Gasteiger partial charge on any atom is 0.330 e. The first kappa shape index (κ1) is 10.9. The summed E-state index contributed by atoms with van der Waals surface area (Å²) < 4.78 is 4.62. The largest absolute Gasteiger partial charge is 0.392 e. The van der Waals surface area contributed by atoms with E-state index in [-0.39, 0.29) is 4.43 Å². The van der Waals surface area contributed by atoms with E-state index in [2.05, 4.69) is 10.1 Å². The van der Waals surface area contributed by atoms with Crippen molar-refractivity contribution in [3.05, 3.63) is 0 Å². The van der Waals surface area contributed by atoms with Crippen LogP contribution in [0.15, 0.2) is 0 Å². The van der Waals surface area contributed by atoms with Crippen molar-refractivity contribution in [3.8, 4) is 0 Å². The van der Waals surface area contributed by atoms with Crippen LogP contribution in [-0.2, 0) is 14.3 Å². The van der Waals surface area contributed by atoms with Gasteiger partial charge >= 0.3 is 11.9 Å². The Balaban J connectivity index is 2.36. The minimum atomic E-state index is -0.599. The molecule has 1 saturated heterocycles. The molecular weight excluding hydrogens is 289 g/mol. The highest BCUT2D eigenvalue weighted by atomic mass is 127. The number of esters is 2. The highest BCUT2D eigenvalue weighted by molar-refractivity contribution is 14.1. The van der Waals surface area contributed by atoms with Crippen molar-refractivity contribution in [2.45, 2.75) is 18.6 Å². The molecule has 0 spiro atoms. The lowest BCUT2D eigenvalue weighted by Crippen LogP contribution is -2.34. The zero-order chi connectivity index (χ0) is 9.84. The maximum absolute atomic E-state index is 11.1. The lowest BCUT2D eigenvalue weighted by Gasteiger charge is -2.06. The van der Waals surface area contributed by atoms with Crippen molar-refractivity contribution in [2.24, 2.45) is 0 Å². The Hall–Kier alpha value is -0.210. The van der Waals surface area contributed by atoms with Gasteiger partial charge in [-0.1, -0.05) is 22.6 Å². The summed E-state index contributed by atoms with van der Waals surface area (Å²) in [6.07, 6.45) is -0.208. The Kier molecular flexibility index (Phi) is 4.07. The molecule has 2 atom stereocenters. The first-order valence-electron chi connectivity index (χ1n) is 3.85. The van der Waals surface area contributed by atoms with E-state index < -0.39 is 24.1 Å². The van der Waals surface area contributed by atoms with Gasteiger partial charge in [0.1, 0.15) is 6.04 Å². The van der Waals surface area contributed by atoms with Gasteiger partial charge in [0.15, 0.2) is 0 Å². The van der Waals surface area contributed by atoms with Gasteiger partial charge in [-0.3, -0.25) is 4.79 Å². The zero-order valence-electron chi connectivity index (χ0n) is 6.83. The molecule has 0 aliphatic carbocycles. The van der Waals surface area contributed by atoms with Gasteiger partial charge in [0, 0.05) is 13.0 Å². The summed E-state index contributed by atoms with van der Waals surface area (Å²) >= 11 is 1.82. The van der Waals surface area contributed by atoms with Crippen molar-refractivity contribution >= 4 is 34.5 Å². The van der Waals surface area contributed by atoms with Crippen molar-refractivity contribution in [2.75, 3.05) is 11.0 Å². The van der Waals surface area contributed by atoms with Gasteiger partial charge in [-0.15, -0.1) is 0 Å². The minimum absolute atomic E-state index is 0.152. The Bertz CT molecular complexity index is 221. The topological polar surface area (TPSA) is 75.6 Å². The molecule has 0 amide bonds. The quantitative estimate of drug-likeness (QED) is 0.303. The zero-order valence-corrected chi connectivity index (χ0v) is 8.98. The first-order valence-corrected chi connectivity index (χ1v) is 5.38. The van der Waals surface area contributed by atoms with E-state index in [0.29, 0.717) is 13.0 Å². The van der Waals surface area contributed by atoms with Crippen LogP contribution in [0.3, 0.4) is 0 Å². The number of carbonyl (C=O) groups excluding carboxylic acids is 2. The number of β-amino-alcohol motifs (C(OH)–C–C–N with tert-alkyl or cyclic N) is 1. The maximum atomic E-state index is 11.1. The van der Waals surface area contributed by atoms with Crippen LogP contribution in [0.1, 0.15) is 6.42 Å². The van der Waals surface area contributed by atoms with Crippen molar-refractivity contribution in [3.63, 3.8) is 0 Å². The highest BCUT2D eigenvalue weighted by Gasteiger charge is 2.30. The molecule has 0 radical (unpaired) electrons. The minimum Gasteiger partial charge on any atom is -0.392 e. The second-order valence-corrected chi connectivity index (χ2v) is 3.54. The van der Waals surface area contributed by atoms with Crippen LogP contribution in [0.5, 0.6) is 0 Å². The molecule has 0 aromatic rings. The normalized spacial score (nSPS) is 27.2. The summed E-state index contributed by atoms with van der Waals surface area (Å²) in [6.45, 7) is 0.373. The number of aliphatic hydroxyl groups excluding tert-OH is 1. The standard InChI is InChI=1S/C7H10INO4/c8-2-6(11)13-7(12)5-1-4(10)3-9-5/h4-5,9-10H,1-3H2/t4-,5+/m1/s1. The van der Waals surface area contributed by atoms with Crippen LogP contribution < -0.4 is 5.32 Å². The number of aliphatic hydroxyl groups is 1. The molecule has 1 heterocycles. The Morgan fingerprint density at radius 1 is 1.62 bits per heavy atom. The van der Waals surface area contributed by atoms with E-state index in [4.69, 9.17) is 5.11 Å². The Morgan fingerprint density at radius 2 is 2.31 bits per heavy atom. The lowest BCUT2D eigenvalue weighted by molar-refractivity contribution is -0.159. The fourth-order valence-corrected chi connectivity index (χ4v) is 1.26.